The molecule has 4 aromatic rings. The summed E-state index contributed by atoms with van der Waals surface area (Å²) in [6.07, 6.45) is 3.40. The molecule has 0 saturated carbocycles. The molecule has 0 aliphatic rings. The summed E-state index contributed by atoms with van der Waals surface area (Å²) in [6.45, 7) is 4.34. The second-order valence-corrected chi connectivity index (χ2v) is 8.21. The minimum Gasteiger partial charge on any atom is -0.322 e. The number of nitrogens with one attached hydrogen (secondary N) is 1. The molecule has 3 nitrogen and oxygen atoms in total. The predicted molar refractivity (Wildman–Crippen MR) is 123 cm³/mol. The third-order valence-electron chi connectivity index (χ3n) is 4.74. The van der Waals surface area contributed by atoms with Crippen molar-refractivity contribution in [1.29, 1.82) is 0 Å². The van der Waals surface area contributed by atoms with E-state index in [0.29, 0.717) is 5.92 Å². The van der Waals surface area contributed by atoms with Crippen molar-refractivity contribution in [2.45, 2.75) is 19.8 Å². The lowest BCUT2D eigenvalue weighted by atomic mass is 10.0. The van der Waals surface area contributed by atoms with Gasteiger partial charge in [-0.05, 0) is 47.4 Å². The number of rotatable bonds is 5. The zero-order valence-corrected chi connectivity index (χ0v) is 17.2. The Morgan fingerprint density at radius 3 is 2.45 bits per heavy atom. The van der Waals surface area contributed by atoms with E-state index in [0.717, 1.165) is 32.0 Å². The van der Waals surface area contributed by atoms with Crippen molar-refractivity contribution in [3.8, 4) is 10.6 Å². The third kappa shape index (κ3) is 4.44. The van der Waals surface area contributed by atoms with Crippen LogP contribution in [0, 0.1) is 0 Å². The number of para-hydroxylation sites is 2. The molecule has 1 amide bonds. The normalized spacial score (nSPS) is 11.4. The molecule has 4 rings (SSSR count). The number of carbonyl (C=O) groups excluding carboxylic acids is 1. The van der Waals surface area contributed by atoms with Crippen LogP contribution < -0.4 is 5.32 Å². The molecule has 3 aromatic carbocycles. The van der Waals surface area contributed by atoms with Gasteiger partial charge in [-0.3, -0.25) is 4.79 Å². The monoisotopic (exact) mass is 398 g/mol. The molecule has 29 heavy (non-hydrogen) atoms. The molecular formula is C25H22N2OS. The summed E-state index contributed by atoms with van der Waals surface area (Å²) in [4.78, 5) is 17.2. The summed E-state index contributed by atoms with van der Waals surface area (Å²) in [7, 11) is 0. The smallest absolute Gasteiger partial charge is 0.248 e. The SMILES string of the molecule is CC(C)c1ccc(/C=C/C(=O)Nc2ccccc2-c2nc3ccccc3s2)cc1. The van der Waals surface area contributed by atoms with E-state index in [1.807, 2.05) is 60.7 Å². The van der Waals surface area contributed by atoms with Crippen molar-refractivity contribution in [2.24, 2.45) is 0 Å². The number of hydrogen-bond acceptors (Lipinski definition) is 3. The Morgan fingerprint density at radius 1 is 0.966 bits per heavy atom. The number of hydrogen-bond donors (Lipinski definition) is 1. The van der Waals surface area contributed by atoms with Gasteiger partial charge in [-0.25, -0.2) is 4.98 Å². The average molecular weight is 399 g/mol. The fraction of sp³-hybridized carbons (Fsp3) is 0.120. The molecule has 0 atom stereocenters. The van der Waals surface area contributed by atoms with Crippen LogP contribution in [0.3, 0.4) is 0 Å². The number of nitrogens with zero attached hydrogens (tertiary/aromatic N) is 1. The topological polar surface area (TPSA) is 42.0 Å². The van der Waals surface area contributed by atoms with Crippen molar-refractivity contribution in [3.63, 3.8) is 0 Å². The summed E-state index contributed by atoms with van der Waals surface area (Å²) in [6, 6.07) is 24.1. The number of fused-ring (bicyclic) bond motifs is 1. The van der Waals surface area contributed by atoms with Crippen LogP contribution in [0.25, 0.3) is 26.9 Å². The Morgan fingerprint density at radius 2 is 1.69 bits per heavy atom. The van der Waals surface area contributed by atoms with E-state index in [2.05, 4.69) is 37.4 Å². The number of amides is 1. The molecule has 0 aliphatic heterocycles. The largest absolute Gasteiger partial charge is 0.322 e. The van der Waals surface area contributed by atoms with Crippen molar-refractivity contribution in [3.05, 3.63) is 90.0 Å². The molecule has 144 valence electrons. The molecule has 1 N–H and O–H groups in total. The van der Waals surface area contributed by atoms with E-state index >= 15 is 0 Å². The molecule has 0 saturated heterocycles. The van der Waals surface area contributed by atoms with Crippen LogP contribution in [0.1, 0.15) is 30.9 Å². The molecule has 0 spiro atoms. The lowest BCUT2D eigenvalue weighted by Gasteiger charge is -2.07. The zero-order chi connectivity index (χ0) is 20.2. The van der Waals surface area contributed by atoms with Gasteiger partial charge >= 0.3 is 0 Å². The van der Waals surface area contributed by atoms with Crippen molar-refractivity contribution in [1.82, 2.24) is 4.98 Å². The van der Waals surface area contributed by atoms with Gasteiger partial charge in [0.05, 0.1) is 15.9 Å². The maximum atomic E-state index is 12.5. The van der Waals surface area contributed by atoms with E-state index in [-0.39, 0.29) is 5.91 Å². The maximum Gasteiger partial charge on any atom is 0.248 e. The van der Waals surface area contributed by atoms with Crippen LogP contribution in [-0.2, 0) is 4.79 Å². The molecule has 0 fully saturated rings. The second-order valence-electron chi connectivity index (χ2n) is 7.18. The standard InChI is InChI=1S/C25H22N2OS/c1-17(2)19-14-11-18(12-15-19)13-16-24(28)26-21-8-4-3-7-20(21)25-27-22-9-5-6-10-23(22)29-25/h3-17H,1-2H3,(H,26,28)/b16-13+. The quantitative estimate of drug-likeness (QED) is 0.378. The number of thiazole rings is 1. The highest BCUT2D eigenvalue weighted by Gasteiger charge is 2.11. The van der Waals surface area contributed by atoms with E-state index in [9.17, 15) is 4.79 Å². The Bertz CT molecular complexity index is 1140. The first-order valence-electron chi connectivity index (χ1n) is 9.64. The van der Waals surface area contributed by atoms with Crippen molar-refractivity contribution < 1.29 is 4.79 Å². The van der Waals surface area contributed by atoms with Crippen LogP contribution in [0.5, 0.6) is 0 Å². The minimum absolute atomic E-state index is 0.161. The second kappa shape index (κ2) is 8.41. The zero-order valence-electron chi connectivity index (χ0n) is 16.4. The van der Waals surface area contributed by atoms with Gasteiger partial charge in [-0.1, -0.05) is 62.4 Å². The molecule has 0 radical (unpaired) electrons. The molecule has 4 heteroatoms. The van der Waals surface area contributed by atoms with Crippen LogP contribution in [0.2, 0.25) is 0 Å². The number of carbonyl (C=O) groups is 1. The fourth-order valence-corrected chi connectivity index (χ4v) is 4.11. The highest BCUT2D eigenvalue weighted by molar-refractivity contribution is 7.21. The van der Waals surface area contributed by atoms with Gasteiger partial charge in [0, 0.05) is 11.6 Å². The average Bonchev–Trinajstić information content (AvgIpc) is 3.17. The van der Waals surface area contributed by atoms with Gasteiger partial charge in [0.2, 0.25) is 5.91 Å². The molecule has 1 heterocycles. The summed E-state index contributed by atoms with van der Waals surface area (Å²) < 4.78 is 1.13. The fourth-order valence-electron chi connectivity index (χ4n) is 3.10. The van der Waals surface area contributed by atoms with Gasteiger partial charge in [0.15, 0.2) is 0 Å². The van der Waals surface area contributed by atoms with Crippen LogP contribution in [0.15, 0.2) is 78.9 Å². The first-order valence-corrected chi connectivity index (χ1v) is 10.5. The molecular weight excluding hydrogens is 376 g/mol. The highest BCUT2D eigenvalue weighted by atomic mass is 32.1. The summed E-state index contributed by atoms with van der Waals surface area (Å²) >= 11 is 1.62. The Labute approximate surface area is 174 Å². The summed E-state index contributed by atoms with van der Waals surface area (Å²) in [5.41, 5.74) is 4.95. The van der Waals surface area contributed by atoms with E-state index < -0.39 is 0 Å². The van der Waals surface area contributed by atoms with Gasteiger partial charge in [0.25, 0.3) is 0 Å². The van der Waals surface area contributed by atoms with E-state index in [4.69, 9.17) is 4.98 Å². The molecule has 0 aliphatic carbocycles. The van der Waals surface area contributed by atoms with Gasteiger partial charge in [0.1, 0.15) is 5.01 Å². The van der Waals surface area contributed by atoms with Gasteiger partial charge in [-0.2, -0.15) is 0 Å². The van der Waals surface area contributed by atoms with Crippen LogP contribution in [-0.4, -0.2) is 10.9 Å². The predicted octanol–water partition coefficient (Wildman–Crippen LogP) is 6.74. The van der Waals surface area contributed by atoms with E-state index in [1.165, 1.54) is 5.56 Å². The summed E-state index contributed by atoms with van der Waals surface area (Å²) in [5, 5.41) is 3.89. The number of benzene rings is 3. The number of anilines is 1. The highest BCUT2D eigenvalue weighted by Crippen LogP contribution is 2.34. The Hall–Kier alpha value is -3.24. The molecule has 0 unspecified atom stereocenters. The van der Waals surface area contributed by atoms with Crippen LogP contribution in [0.4, 0.5) is 5.69 Å². The number of aromatic nitrogens is 1. The Balaban J connectivity index is 1.53. The van der Waals surface area contributed by atoms with Crippen molar-refractivity contribution in [2.75, 3.05) is 5.32 Å². The first kappa shape index (κ1) is 19.1. The first-order chi connectivity index (χ1) is 14.1. The Kier molecular flexibility index (Phi) is 5.54. The minimum atomic E-state index is -0.161. The lowest BCUT2D eigenvalue weighted by Crippen LogP contribution is -2.08. The summed E-state index contributed by atoms with van der Waals surface area (Å²) in [5.74, 6) is 0.335. The van der Waals surface area contributed by atoms with E-state index in [1.54, 1.807) is 17.4 Å². The lowest BCUT2D eigenvalue weighted by molar-refractivity contribution is -0.111. The van der Waals surface area contributed by atoms with Crippen LogP contribution >= 0.6 is 11.3 Å². The molecule has 0 bridgehead atoms. The van der Waals surface area contributed by atoms with Gasteiger partial charge < -0.3 is 5.32 Å². The van der Waals surface area contributed by atoms with Gasteiger partial charge in [-0.15, -0.1) is 11.3 Å². The third-order valence-corrected chi connectivity index (χ3v) is 5.81. The molecule has 1 aromatic heterocycles. The maximum absolute atomic E-state index is 12.5. The van der Waals surface area contributed by atoms with Crippen molar-refractivity contribution >= 4 is 39.2 Å².